The molecule has 5 nitrogen and oxygen atoms in total. The first-order valence-electron chi connectivity index (χ1n) is 6.73. The number of hydrogen-bond acceptors (Lipinski definition) is 5. The van der Waals surface area contributed by atoms with Crippen molar-refractivity contribution in [1.29, 1.82) is 0 Å². The Bertz CT molecular complexity index is 709. The van der Waals surface area contributed by atoms with E-state index in [1.807, 2.05) is 0 Å². The number of carbonyl (C=O) groups is 2. The summed E-state index contributed by atoms with van der Waals surface area (Å²) in [7, 11) is 2.44. The highest BCUT2D eigenvalue weighted by Gasteiger charge is 2.19. The van der Waals surface area contributed by atoms with Gasteiger partial charge in [-0.2, -0.15) is 0 Å². The number of hydrogen-bond donors (Lipinski definition) is 0. The van der Waals surface area contributed by atoms with Gasteiger partial charge in [0.2, 0.25) is 0 Å². The third-order valence-corrected chi connectivity index (χ3v) is 3.12. The SMILES string of the molecule is COC(=O)c1ccc(OCc2ccc(F)cc2)cc1C(=O)OC. The van der Waals surface area contributed by atoms with Crippen molar-refractivity contribution in [2.24, 2.45) is 0 Å². The van der Waals surface area contributed by atoms with Gasteiger partial charge in [-0.05, 0) is 35.9 Å². The van der Waals surface area contributed by atoms with Gasteiger partial charge in [0, 0.05) is 0 Å². The van der Waals surface area contributed by atoms with Crippen LogP contribution in [0.3, 0.4) is 0 Å². The van der Waals surface area contributed by atoms with Gasteiger partial charge in [0.1, 0.15) is 18.2 Å². The van der Waals surface area contributed by atoms with Crippen molar-refractivity contribution >= 4 is 11.9 Å². The normalized spacial score (nSPS) is 10.0. The van der Waals surface area contributed by atoms with Crippen molar-refractivity contribution in [1.82, 2.24) is 0 Å². The lowest BCUT2D eigenvalue weighted by molar-refractivity contribution is 0.0555. The Kier molecular flexibility index (Phi) is 5.30. The number of benzene rings is 2. The number of carbonyl (C=O) groups excluding carboxylic acids is 2. The fourth-order valence-corrected chi connectivity index (χ4v) is 1.93. The predicted octanol–water partition coefficient (Wildman–Crippen LogP) is 2.98. The average Bonchev–Trinajstić information content (AvgIpc) is 2.59. The van der Waals surface area contributed by atoms with E-state index in [0.29, 0.717) is 5.75 Å². The largest absolute Gasteiger partial charge is 0.489 e. The minimum atomic E-state index is -0.669. The molecule has 0 saturated carbocycles. The van der Waals surface area contributed by atoms with Crippen LogP contribution in [0.4, 0.5) is 4.39 Å². The second kappa shape index (κ2) is 7.40. The van der Waals surface area contributed by atoms with E-state index in [1.54, 1.807) is 18.2 Å². The summed E-state index contributed by atoms with van der Waals surface area (Å²) in [5, 5.41) is 0. The summed E-state index contributed by atoms with van der Waals surface area (Å²) < 4.78 is 27.7. The molecule has 0 atom stereocenters. The van der Waals surface area contributed by atoms with E-state index in [-0.39, 0.29) is 23.6 Å². The van der Waals surface area contributed by atoms with E-state index in [9.17, 15) is 14.0 Å². The van der Waals surface area contributed by atoms with Crippen molar-refractivity contribution in [2.75, 3.05) is 14.2 Å². The summed E-state index contributed by atoms with van der Waals surface area (Å²) in [6.07, 6.45) is 0. The number of halogens is 1. The van der Waals surface area contributed by atoms with Crippen LogP contribution in [0.25, 0.3) is 0 Å². The number of ether oxygens (including phenoxy) is 3. The molecule has 0 spiro atoms. The predicted molar refractivity (Wildman–Crippen MR) is 79.9 cm³/mol. The molecular weight excluding hydrogens is 303 g/mol. The first kappa shape index (κ1) is 16.5. The molecule has 6 heteroatoms. The van der Waals surface area contributed by atoms with Gasteiger partial charge in [-0.3, -0.25) is 0 Å². The smallest absolute Gasteiger partial charge is 0.338 e. The fourth-order valence-electron chi connectivity index (χ4n) is 1.93. The van der Waals surface area contributed by atoms with Crippen LogP contribution in [-0.2, 0) is 16.1 Å². The molecule has 120 valence electrons. The van der Waals surface area contributed by atoms with Gasteiger partial charge in [-0.25, -0.2) is 14.0 Å². The van der Waals surface area contributed by atoms with Crippen molar-refractivity contribution in [3.8, 4) is 5.75 Å². The summed E-state index contributed by atoms with van der Waals surface area (Å²) in [4.78, 5) is 23.5. The molecule has 0 heterocycles. The van der Waals surface area contributed by atoms with Crippen molar-refractivity contribution < 1.29 is 28.2 Å². The molecule has 0 unspecified atom stereocenters. The molecule has 0 radical (unpaired) electrons. The summed E-state index contributed by atoms with van der Waals surface area (Å²) in [6.45, 7) is 0.193. The first-order chi connectivity index (χ1) is 11.0. The standard InChI is InChI=1S/C17H15FO5/c1-21-16(19)14-8-7-13(9-15(14)17(20)22-2)23-10-11-3-5-12(18)6-4-11/h3-9H,10H2,1-2H3. The van der Waals surface area contributed by atoms with Gasteiger partial charge in [0.05, 0.1) is 25.3 Å². The van der Waals surface area contributed by atoms with Gasteiger partial charge in [0.25, 0.3) is 0 Å². The third-order valence-electron chi connectivity index (χ3n) is 3.12. The number of rotatable bonds is 5. The van der Waals surface area contributed by atoms with E-state index < -0.39 is 11.9 Å². The molecule has 0 aliphatic carbocycles. The molecule has 0 aliphatic heterocycles. The average molecular weight is 318 g/mol. The molecule has 0 aromatic heterocycles. The quantitative estimate of drug-likeness (QED) is 0.793. The Hall–Kier alpha value is -2.89. The Morgan fingerprint density at radius 1 is 0.913 bits per heavy atom. The minimum absolute atomic E-state index is 0.0518. The Morgan fingerprint density at radius 2 is 1.52 bits per heavy atom. The maximum Gasteiger partial charge on any atom is 0.338 e. The lowest BCUT2D eigenvalue weighted by Gasteiger charge is -2.10. The summed E-state index contributed by atoms with van der Waals surface area (Å²) in [5.74, 6) is -1.26. The second-order valence-electron chi connectivity index (χ2n) is 4.61. The third kappa shape index (κ3) is 4.06. The lowest BCUT2D eigenvalue weighted by atomic mass is 10.1. The van der Waals surface area contributed by atoms with Crippen LogP contribution in [0.15, 0.2) is 42.5 Å². The van der Waals surface area contributed by atoms with E-state index in [2.05, 4.69) is 9.47 Å². The summed E-state index contributed by atoms with van der Waals surface area (Å²) >= 11 is 0. The molecule has 23 heavy (non-hydrogen) atoms. The van der Waals surface area contributed by atoms with Crippen LogP contribution in [0.2, 0.25) is 0 Å². The molecule has 0 N–H and O–H groups in total. The molecule has 0 aliphatic rings. The zero-order valence-electron chi connectivity index (χ0n) is 12.7. The van der Waals surface area contributed by atoms with Crippen LogP contribution < -0.4 is 4.74 Å². The summed E-state index contributed by atoms with van der Waals surface area (Å²) in [5.41, 5.74) is 0.910. The zero-order valence-corrected chi connectivity index (χ0v) is 12.7. The molecule has 0 amide bonds. The van der Waals surface area contributed by atoms with Crippen molar-refractivity contribution in [3.63, 3.8) is 0 Å². The van der Waals surface area contributed by atoms with E-state index in [4.69, 9.17) is 4.74 Å². The minimum Gasteiger partial charge on any atom is -0.489 e. The maximum absolute atomic E-state index is 12.8. The van der Waals surface area contributed by atoms with Crippen LogP contribution in [0.5, 0.6) is 5.75 Å². The first-order valence-corrected chi connectivity index (χ1v) is 6.73. The molecule has 0 fully saturated rings. The van der Waals surface area contributed by atoms with Gasteiger partial charge in [-0.1, -0.05) is 12.1 Å². The van der Waals surface area contributed by atoms with Crippen LogP contribution >= 0.6 is 0 Å². The van der Waals surface area contributed by atoms with Crippen LogP contribution in [-0.4, -0.2) is 26.2 Å². The topological polar surface area (TPSA) is 61.8 Å². The Balaban J connectivity index is 2.21. The summed E-state index contributed by atoms with van der Waals surface area (Å²) in [6, 6.07) is 10.2. The number of esters is 2. The second-order valence-corrected chi connectivity index (χ2v) is 4.61. The fraction of sp³-hybridized carbons (Fsp3) is 0.176. The molecule has 2 aromatic rings. The molecule has 0 saturated heterocycles. The van der Waals surface area contributed by atoms with Crippen molar-refractivity contribution in [3.05, 3.63) is 65.0 Å². The molecular formula is C17H15FO5. The van der Waals surface area contributed by atoms with Crippen molar-refractivity contribution in [2.45, 2.75) is 6.61 Å². The zero-order chi connectivity index (χ0) is 16.8. The van der Waals surface area contributed by atoms with Gasteiger partial charge in [-0.15, -0.1) is 0 Å². The van der Waals surface area contributed by atoms with Gasteiger partial charge in [0.15, 0.2) is 0 Å². The molecule has 2 rings (SSSR count). The maximum atomic E-state index is 12.8. The molecule has 0 bridgehead atoms. The Morgan fingerprint density at radius 3 is 2.13 bits per heavy atom. The monoisotopic (exact) mass is 318 g/mol. The highest BCUT2D eigenvalue weighted by atomic mass is 19.1. The van der Waals surface area contributed by atoms with E-state index in [0.717, 1.165) is 5.56 Å². The van der Waals surface area contributed by atoms with E-state index in [1.165, 1.54) is 38.5 Å². The van der Waals surface area contributed by atoms with Gasteiger partial charge < -0.3 is 14.2 Å². The number of methoxy groups -OCH3 is 2. The lowest BCUT2D eigenvalue weighted by Crippen LogP contribution is -2.12. The van der Waals surface area contributed by atoms with Crippen LogP contribution in [0, 0.1) is 5.82 Å². The highest BCUT2D eigenvalue weighted by molar-refractivity contribution is 6.03. The van der Waals surface area contributed by atoms with Gasteiger partial charge >= 0.3 is 11.9 Å². The van der Waals surface area contributed by atoms with Crippen LogP contribution in [0.1, 0.15) is 26.3 Å². The molecule has 2 aromatic carbocycles. The highest BCUT2D eigenvalue weighted by Crippen LogP contribution is 2.21. The van der Waals surface area contributed by atoms with E-state index >= 15 is 0 Å². The Labute approximate surface area is 132 Å².